The van der Waals surface area contributed by atoms with E-state index in [4.69, 9.17) is 9.47 Å². The minimum atomic E-state index is -4.20. The molecule has 0 aliphatic heterocycles. The summed E-state index contributed by atoms with van der Waals surface area (Å²) < 4.78 is 38.1. The fraction of sp³-hybridized carbons (Fsp3) is 0.556. The smallest absolute Gasteiger partial charge is 0.339 e. The summed E-state index contributed by atoms with van der Waals surface area (Å²) in [5.41, 5.74) is -2.49. The Labute approximate surface area is 155 Å². The zero-order chi connectivity index (χ0) is 20.2. The first-order valence-corrected chi connectivity index (χ1v) is 9.85. The largest absolute Gasteiger partial charge is 0.464 e. The highest BCUT2D eigenvalue weighted by molar-refractivity contribution is 7.89. The van der Waals surface area contributed by atoms with E-state index in [0.717, 1.165) is 5.56 Å². The predicted octanol–water partition coefficient (Wildman–Crippen LogP) is 2.18. The number of sulfonamides is 1. The summed E-state index contributed by atoms with van der Waals surface area (Å²) in [6.45, 7) is 9.65. The Bertz CT molecular complexity index is 729. The standard InChI is InChI=1S/C18H27NO6S/c1-7-24-15(20)18(17(4,5)6,16(21)25-8-2)19-26(22,23)14-11-9-13(3)10-12-14/h9-12,19H,7-8H2,1-6H3. The van der Waals surface area contributed by atoms with Crippen LogP contribution in [0, 0.1) is 12.3 Å². The lowest BCUT2D eigenvalue weighted by molar-refractivity contribution is -0.171. The number of nitrogens with one attached hydrogen (secondary N) is 1. The number of ether oxygens (including phenoxy) is 2. The van der Waals surface area contributed by atoms with Crippen LogP contribution in [0.25, 0.3) is 0 Å². The van der Waals surface area contributed by atoms with Gasteiger partial charge in [-0.05, 0) is 32.9 Å². The Morgan fingerprint density at radius 1 is 0.962 bits per heavy atom. The number of carbonyl (C=O) groups is 2. The Morgan fingerprint density at radius 3 is 1.73 bits per heavy atom. The van der Waals surface area contributed by atoms with E-state index in [1.807, 2.05) is 6.92 Å². The van der Waals surface area contributed by atoms with Crippen molar-refractivity contribution >= 4 is 22.0 Å². The van der Waals surface area contributed by atoms with Crippen LogP contribution in [0.1, 0.15) is 40.2 Å². The van der Waals surface area contributed by atoms with E-state index >= 15 is 0 Å². The molecule has 1 aromatic rings. The van der Waals surface area contributed by atoms with Crippen LogP contribution in [0.4, 0.5) is 0 Å². The third-order valence-electron chi connectivity index (χ3n) is 3.91. The summed E-state index contributed by atoms with van der Waals surface area (Å²) in [7, 11) is -4.20. The normalized spacial score (nSPS) is 12.5. The molecular weight excluding hydrogens is 358 g/mol. The van der Waals surface area contributed by atoms with E-state index in [9.17, 15) is 18.0 Å². The van der Waals surface area contributed by atoms with Crippen LogP contribution in [-0.2, 0) is 29.1 Å². The molecule has 0 aliphatic carbocycles. The molecule has 0 aromatic heterocycles. The Morgan fingerprint density at radius 2 is 1.38 bits per heavy atom. The summed E-state index contributed by atoms with van der Waals surface area (Å²) in [4.78, 5) is 25.4. The Hall–Kier alpha value is -1.93. The molecule has 0 unspecified atom stereocenters. The number of hydrogen-bond acceptors (Lipinski definition) is 6. The first-order chi connectivity index (χ1) is 11.9. The van der Waals surface area contributed by atoms with E-state index in [1.165, 1.54) is 12.1 Å². The third-order valence-corrected chi connectivity index (χ3v) is 5.37. The van der Waals surface area contributed by atoms with Crippen molar-refractivity contribution in [2.75, 3.05) is 13.2 Å². The van der Waals surface area contributed by atoms with Crippen LogP contribution < -0.4 is 4.72 Å². The van der Waals surface area contributed by atoms with Gasteiger partial charge in [0, 0.05) is 5.41 Å². The molecule has 0 saturated heterocycles. The third kappa shape index (κ3) is 4.42. The van der Waals surface area contributed by atoms with E-state index in [-0.39, 0.29) is 18.1 Å². The van der Waals surface area contributed by atoms with Gasteiger partial charge in [-0.25, -0.2) is 18.0 Å². The molecule has 1 rings (SSSR count). The maximum atomic E-state index is 12.9. The molecule has 1 aromatic carbocycles. The number of rotatable bonds is 7. The lowest BCUT2D eigenvalue weighted by Crippen LogP contribution is -2.68. The highest BCUT2D eigenvalue weighted by Crippen LogP contribution is 2.35. The Balaban J connectivity index is 3.55. The summed E-state index contributed by atoms with van der Waals surface area (Å²) in [5.74, 6) is -2.00. The summed E-state index contributed by atoms with van der Waals surface area (Å²) in [6, 6.07) is 6.06. The molecule has 8 heteroatoms. The molecule has 0 saturated carbocycles. The second-order valence-corrected chi connectivity index (χ2v) is 8.54. The van der Waals surface area contributed by atoms with Gasteiger partial charge in [0.1, 0.15) is 0 Å². The SMILES string of the molecule is CCOC(=O)C(NS(=O)(=O)c1ccc(C)cc1)(C(=O)OCC)C(C)(C)C. The van der Waals surface area contributed by atoms with Crippen molar-refractivity contribution in [3.05, 3.63) is 29.8 Å². The van der Waals surface area contributed by atoms with Crippen molar-refractivity contribution in [2.24, 2.45) is 5.41 Å². The van der Waals surface area contributed by atoms with Gasteiger partial charge in [0.15, 0.2) is 0 Å². The van der Waals surface area contributed by atoms with Gasteiger partial charge < -0.3 is 9.47 Å². The molecule has 0 aliphatic rings. The molecule has 0 spiro atoms. The molecule has 0 amide bonds. The maximum absolute atomic E-state index is 12.9. The van der Waals surface area contributed by atoms with E-state index in [2.05, 4.69) is 4.72 Å². The van der Waals surface area contributed by atoms with Gasteiger partial charge in [0.2, 0.25) is 15.6 Å². The maximum Gasteiger partial charge on any atom is 0.339 e. The van der Waals surface area contributed by atoms with E-state index < -0.39 is 32.9 Å². The van der Waals surface area contributed by atoms with E-state index in [1.54, 1.807) is 46.8 Å². The fourth-order valence-corrected chi connectivity index (χ4v) is 3.88. The molecular formula is C18H27NO6S. The predicted molar refractivity (Wildman–Crippen MR) is 97.0 cm³/mol. The quantitative estimate of drug-likeness (QED) is 0.571. The van der Waals surface area contributed by atoms with Gasteiger partial charge in [-0.15, -0.1) is 0 Å². The molecule has 0 bridgehead atoms. The molecule has 0 atom stereocenters. The molecule has 0 fully saturated rings. The van der Waals surface area contributed by atoms with Crippen molar-refractivity contribution < 1.29 is 27.5 Å². The minimum Gasteiger partial charge on any atom is -0.464 e. The van der Waals surface area contributed by atoms with Crippen LogP contribution in [-0.4, -0.2) is 39.1 Å². The fourth-order valence-electron chi connectivity index (χ4n) is 2.39. The molecule has 0 heterocycles. The minimum absolute atomic E-state index is 0.0116. The first-order valence-electron chi connectivity index (χ1n) is 8.37. The van der Waals surface area contributed by atoms with Gasteiger partial charge >= 0.3 is 11.9 Å². The van der Waals surface area contributed by atoms with Crippen molar-refractivity contribution in [1.29, 1.82) is 0 Å². The van der Waals surface area contributed by atoms with Crippen LogP contribution >= 0.6 is 0 Å². The number of carbonyl (C=O) groups excluding carboxylic acids is 2. The topological polar surface area (TPSA) is 98.8 Å². The highest BCUT2D eigenvalue weighted by atomic mass is 32.2. The number of hydrogen-bond donors (Lipinski definition) is 1. The van der Waals surface area contributed by atoms with Crippen LogP contribution in [0.3, 0.4) is 0 Å². The van der Waals surface area contributed by atoms with E-state index in [0.29, 0.717) is 0 Å². The second kappa shape index (κ2) is 8.18. The first kappa shape index (κ1) is 22.1. The molecule has 26 heavy (non-hydrogen) atoms. The van der Waals surface area contributed by atoms with Crippen LogP contribution in [0.5, 0.6) is 0 Å². The van der Waals surface area contributed by atoms with Gasteiger partial charge in [-0.3, -0.25) is 0 Å². The average Bonchev–Trinajstić information content (AvgIpc) is 2.52. The number of aryl methyl sites for hydroxylation is 1. The van der Waals surface area contributed by atoms with Crippen molar-refractivity contribution in [1.82, 2.24) is 4.72 Å². The van der Waals surface area contributed by atoms with Gasteiger partial charge in [0.05, 0.1) is 18.1 Å². The van der Waals surface area contributed by atoms with Crippen molar-refractivity contribution in [3.63, 3.8) is 0 Å². The number of esters is 2. The van der Waals surface area contributed by atoms with Crippen LogP contribution in [0.15, 0.2) is 29.2 Å². The molecule has 0 radical (unpaired) electrons. The van der Waals surface area contributed by atoms with Gasteiger partial charge in [-0.1, -0.05) is 38.5 Å². The van der Waals surface area contributed by atoms with Gasteiger partial charge in [-0.2, -0.15) is 4.72 Å². The zero-order valence-electron chi connectivity index (χ0n) is 16.1. The second-order valence-electron chi connectivity index (χ2n) is 6.86. The summed E-state index contributed by atoms with van der Waals surface area (Å²) >= 11 is 0. The highest BCUT2D eigenvalue weighted by Gasteiger charge is 2.60. The number of benzene rings is 1. The Kier molecular flexibility index (Phi) is 6.95. The van der Waals surface area contributed by atoms with Gasteiger partial charge in [0.25, 0.3) is 0 Å². The molecule has 146 valence electrons. The zero-order valence-corrected chi connectivity index (χ0v) is 16.9. The van der Waals surface area contributed by atoms with Crippen molar-refractivity contribution in [2.45, 2.75) is 52.0 Å². The summed E-state index contributed by atoms with van der Waals surface area (Å²) in [5, 5.41) is 0. The van der Waals surface area contributed by atoms with Crippen molar-refractivity contribution in [3.8, 4) is 0 Å². The monoisotopic (exact) mass is 385 g/mol. The lowest BCUT2D eigenvalue weighted by atomic mass is 9.74. The molecule has 1 N–H and O–H groups in total. The lowest BCUT2D eigenvalue weighted by Gasteiger charge is -2.39. The molecule has 7 nitrogen and oxygen atoms in total. The average molecular weight is 385 g/mol. The summed E-state index contributed by atoms with van der Waals surface area (Å²) in [6.07, 6.45) is 0. The van der Waals surface area contributed by atoms with Crippen LogP contribution in [0.2, 0.25) is 0 Å².